The van der Waals surface area contributed by atoms with Gasteiger partial charge in [-0.3, -0.25) is 9.59 Å². The molecule has 0 bridgehead atoms. The standard InChI is InChI=1S/C12H20O5/c1-4-16-12(14)10(8(2)3)11(13)9-7-15-5-6-17-9/h8-10H,4-7H2,1-3H3. The Morgan fingerprint density at radius 1 is 1.35 bits per heavy atom. The van der Waals surface area contributed by atoms with E-state index in [0.29, 0.717) is 13.2 Å². The zero-order valence-electron chi connectivity index (χ0n) is 10.6. The van der Waals surface area contributed by atoms with E-state index in [1.54, 1.807) is 6.92 Å². The highest BCUT2D eigenvalue weighted by Gasteiger charge is 2.37. The normalized spacial score (nSPS) is 22.2. The van der Waals surface area contributed by atoms with Crippen molar-refractivity contribution in [2.24, 2.45) is 11.8 Å². The molecule has 5 heteroatoms. The lowest BCUT2D eigenvalue weighted by Gasteiger charge is -2.26. The van der Waals surface area contributed by atoms with Crippen molar-refractivity contribution in [3.05, 3.63) is 0 Å². The average molecular weight is 244 g/mol. The van der Waals surface area contributed by atoms with Crippen LogP contribution in [0.5, 0.6) is 0 Å². The first-order valence-corrected chi connectivity index (χ1v) is 5.97. The van der Waals surface area contributed by atoms with Gasteiger partial charge in [-0.15, -0.1) is 0 Å². The summed E-state index contributed by atoms with van der Waals surface area (Å²) in [7, 11) is 0. The molecule has 0 amide bonds. The Morgan fingerprint density at radius 3 is 2.53 bits per heavy atom. The first kappa shape index (κ1) is 14.1. The van der Waals surface area contributed by atoms with Crippen molar-refractivity contribution in [2.45, 2.75) is 26.9 Å². The summed E-state index contributed by atoms with van der Waals surface area (Å²) in [6, 6.07) is 0. The fourth-order valence-electron chi connectivity index (χ4n) is 1.80. The van der Waals surface area contributed by atoms with Crippen molar-refractivity contribution in [1.29, 1.82) is 0 Å². The fraction of sp³-hybridized carbons (Fsp3) is 0.833. The Labute approximate surface area is 101 Å². The Balaban J connectivity index is 2.68. The molecule has 0 N–H and O–H groups in total. The second kappa shape index (κ2) is 6.71. The Bertz CT molecular complexity index is 268. The number of Topliss-reactive ketones (excluding diaryl/α,β-unsaturated/α-hetero) is 1. The number of hydrogen-bond donors (Lipinski definition) is 0. The van der Waals surface area contributed by atoms with Gasteiger partial charge < -0.3 is 14.2 Å². The van der Waals surface area contributed by atoms with Gasteiger partial charge in [0.15, 0.2) is 5.78 Å². The van der Waals surface area contributed by atoms with E-state index in [1.165, 1.54) is 0 Å². The quantitative estimate of drug-likeness (QED) is 0.529. The molecule has 98 valence electrons. The van der Waals surface area contributed by atoms with Crippen LogP contribution in [-0.2, 0) is 23.8 Å². The van der Waals surface area contributed by atoms with Crippen molar-refractivity contribution in [3.63, 3.8) is 0 Å². The topological polar surface area (TPSA) is 61.8 Å². The maximum Gasteiger partial charge on any atom is 0.316 e. The van der Waals surface area contributed by atoms with Crippen LogP contribution in [0.2, 0.25) is 0 Å². The predicted molar refractivity (Wildman–Crippen MR) is 60.5 cm³/mol. The molecule has 1 aliphatic rings. The SMILES string of the molecule is CCOC(=O)C(C(=O)C1COCCO1)C(C)C. The Hall–Kier alpha value is -0.940. The van der Waals surface area contributed by atoms with Gasteiger partial charge in [0.1, 0.15) is 12.0 Å². The van der Waals surface area contributed by atoms with E-state index < -0.39 is 18.0 Å². The van der Waals surface area contributed by atoms with Gasteiger partial charge in [-0.05, 0) is 12.8 Å². The number of carbonyl (C=O) groups excluding carboxylic acids is 2. The highest BCUT2D eigenvalue weighted by molar-refractivity contribution is 6.01. The minimum Gasteiger partial charge on any atom is -0.465 e. The molecule has 0 aromatic rings. The van der Waals surface area contributed by atoms with Gasteiger partial charge in [-0.2, -0.15) is 0 Å². The summed E-state index contributed by atoms with van der Waals surface area (Å²) >= 11 is 0. The minimum atomic E-state index is -0.762. The molecule has 0 aliphatic carbocycles. The number of carbonyl (C=O) groups is 2. The van der Waals surface area contributed by atoms with Gasteiger partial charge in [0.25, 0.3) is 0 Å². The minimum absolute atomic E-state index is 0.105. The molecule has 17 heavy (non-hydrogen) atoms. The van der Waals surface area contributed by atoms with E-state index in [4.69, 9.17) is 14.2 Å². The third-order valence-corrected chi connectivity index (χ3v) is 2.65. The van der Waals surface area contributed by atoms with Gasteiger partial charge >= 0.3 is 5.97 Å². The second-order valence-electron chi connectivity index (χ2n) is 4.31. The monoisotopic (exact) mass is 244 g/mol. The zero-order valence-corrected chi connectivity index (χ0v) is 10.6. The largest absolute Gasteiger partial charge is 0.465 e. The summed E-state index contributed by atoms with van der Waals surface area (Å²) in [5.41, 5.74) is 0. The number of hydrogen-bond acceptors (Lipinski definition) is 5. The molecule has 1 aliphatic heterocycles. The van der Waals surface area contributed by atoms with Gasteiger partial charge in [-0.25, -0.2) is 0 Å². The number of ketones is 1. The van der Waals surface area contributed by atoms with Gasteiger partial charge in [0.05, 0.1) is 26.4 Å². The van der Waals surface area contributed by atoms with E-state index in [1.807, 2.05) is 13.8 Å². The smallest absolute Gasteiger partial charge is 0.316 e. The fourth-order valence-corrected chi connectivity index (χ4v) is 1.80. The van der Waals surface area contributed by atoms with E-state index in [9.17, 15) is 9.59 Å². The number of rotatable bonds is 5. The van der Waals surface area contributed by atoms with Crippen LogP contribution >= 0.6 is 0 Å². The van der Waals surface area contributed by atoms with Gasteiger partial charge in [0, 0.05) is 0 Å². The highest BCUT2D eigenvalue weighted by Crippen LogP contribution is 2.18. The van der Waals surface area contributed by atoms with Crippen LogP contribution in [0, 0.1) is 11.8 Å². The molecule has 2 atom stereocenters. The summed E-state index contributed by atoms with van der Waals surface area (Å²) < 4.78 is 15.4. The van der Waals surface area contributed by atoms with Crippen molar-refractivity contribution in [3.8, 4) is 0 Å². The Kier molecular flexibility index (Phi) is 5.58. The van der Waals surface area contributed by atoms with Crippen LogP contribution in [-0.4, -0.2) is 44.3 Å². The summed E-state index contributed by atoms with van der Waals surface area (Å²) in [5, 5.41) is 0. The van der Waals surface area contributed by atoms with Crippen molar-refractivity contribution in [2.75, 3.05) is 26.4 Å². The van der Waals surface area contributed by atoms with Crippen LogP contribution in [0.4, 0.5) is 0 Å². The van der Waals surface area contributed by atoms with Crippen LogP contribution < -0.4 is 0 Å². The molecular formula is C12H20O5. The zero-order chi connectivity index (χ0) is 12.8. The van der Waals surface area contributed by atoms with E-state index >= 15 is 0 Å². The lowest BCUT2D eigenvalue weighted by molar-refractivity contribution is -0.163. The van der Waals surface area contributed by atoms with E-state index in [-0.39, 0.29) is 24.9 Å². The van der Waals surface area contributed by atoms with E-state index in [2.05, 4.69) is 0 Å². The van der Waals surface area contributed by atoms with Crippen LogP contribution in [0.15, 0.2) is 0 Å². The van der Waals surface area contributed by atoms with Crippen LogP contribution in [0.3, 0.4) is 0 Å². The van der Waals surface area contributed by atoms with Crippen molar-refractivity contribution in [1.82, 2.24) is 0 Å². The average Bonchev–Trinajstić information content (AvgIpc) is 2.30. The molecule has 1 fully saturated rings. The number of ether oxygens (including phenoxy) is 3. The molecule has 0 aromatic carbocycles. The molecule has 1 saturated heterocycles. The van der Waals surface area contributed by atoms with E-state index in [0.717, 1.165) is 0 Å². The predicted octanol–water partition coefficient (Wildman–Crippen LogP) is 0.806. The molecule has 0 radical (unpaired) electrons. The molecule has 2 unspecified atom stereocenters. The Morgan fingerprint density at radius 2 is 2.06 bits per heavy atom. The van der Waals surface area contributed by atoms with Crippen LogP contribution in [0.1, 0.15) is 20.8 Å². The van der Waals surface area contributed by atoms with Gasteiger partial charge in [0.2, 0.25) is 0 Å². The molecule has 5 nitrogen and oxygen atoms in total. The molecule has 0 spiro atoms. The summed E-state index contributed by atoms with van der Waals surface area (Å²) in [5.74, 6) is -1.58. The maximum atomic E-state index is 12.2. The lowest BCUT2D eigenvalue weighted by atomic mass is 9.89. The third-order valence-electron chi connectivity index (χ3n) is 2.65. The third kappa shape index (κ3) is 3.78. The lowest BCUT2D eigenvalue weighted by Crippen LogP contribution is -2.43. The molecule has 1 heterocycles. The molecule has 0 aromatic heterocycles. The molecular weight excluding hydrogens is 224 g/mol. The second-order valence-corrected chi connectivity index (χ2v) is 4.31. The van der Waals surface area contributed by atoms with Gasteiger partial charge in [-0.1, -0.05) is 13.8 Å². The first-order chi connectivity index (χ1) is 8.07. The number of esters is 1. The maximum absolute atomic E-state index is 12.2. The summed E-state index contributed by atoms with van der Waals surface area (Å²) in [6.07, 6.45) is -0.638. The highest BCUT2D eigenvalue weighted by atomic mass is 16.6. The molecule has 0 saturated carbocycles. The summed E-state index contributed by atoms with van der Waals surface area (Å²) in [6.45, 7) is 6.75. The molecule has 1 rings (SSSR count). The van der Waals surface area contributed by atoms with Crippen molar-refractivity contribution >= 4 is 11.8 Å². The summed E-state index contributed by atoms with van der Waals surface area (Å²) in [4.78, 5) is 23.9. The van der Waals surface area contributed by atoms with Crippen LogP contribution in [0.25, 0.3) is 0 Å². The first-order valence-electron chi connectivity index (χ1n) is 5.97. The van der Waals surface area contributed by atoms with Crippen molar-refractivity contribution < 1.29 is 23.8 Å².